The van der Waals surface area contributed by atoms with Crippen LogP contribution >= 0.6 is 0 Å². The van der Waals surface area contributed by atoms with Gasteiger partial charge in [0.25, 0.3) is 11.8 Å². The summed E-state index contributed by atoms with van der Waals surface area (Å²) in [5.74, 6) is -3.68. The molecular weight excluding hydrogens is 354 g/mol. The highest BCUT2D eigenvalue weighted by Crippen LogP contribution is 2.21. The molecule has 1 aliphatic rings. The SMILES string of the molecule is CC(C)N(C)S(=O)(=O)c1ccc(C(=O)N2CCOCC(F)(F)C2)cc1. The van der Waals surface area contributed by atoms with E-state index >= 15 is 0 Å². The van der Waals surface area contributed by atoms with Crippen molar-refractivity contribution >= 4 is 15.9 Å². The third-order valence-electron chi connectivity index (χ3n) is 4.03. The molecule has 1 amide bonds. The Balaban J connectivity index is 2.20. The van der Waals surface area contributed by atoms with E-state index in [9.17, 15) is 22.0 Å². The van der Waals surface area contributed by atoms with Crippen LogP contribution in [0.5, 0.6) is 0 Å². The maximum atomic E-state index is 13.6. The number of benzene rings is 1. The Morgan fingerprint density at radius 3 is 2.44 bits per heavy atom. The van der Waals surface area contributed by atoms with Crippen LogP contribution in [-0.4, -0.2) is 68.8 Å². The van der Waals surface area contributed by atoms with Gasteiger partial charge in [-0.25, -0.2) is 17.2 Å². The van der Waals surface area contributed by atoms with E-state index in [1.807, 2.05) is 0 Å². The average molecular weight is 376 g/mol. The fourth-order valence-corrected chi connectivity index (χ4v) is 3.74. The van der Waals surface area contributed by atoms with Gasteiger partial charge in [-0.2, -0.15) is 4.31 Å². The molecule has 1 aliphatic heterocycles. The second-order valence-electron chi connectivity index (χ2n) is 6.27. The molecule has 0 aromatic heterocycles. The molecule has 6 nitrogen and oxygen atoms in total. The molecule has 0 N–H and O–H groups in total. The molecule has 1 heterocycles. The smallest absolute Gasteiger partial charge is 0.288 e. The number of hydrogen-bond acceptors (Lipinski definition) is 4. The van der Waals surface area contributed by atoms with Crippen LogP contribution in [-0.2, 0) is 14.8 Å². The minimum Gasteiger partial charge on any atom is -0.373 e. The van der Waals surface area contributed by atoms with Crippen molar-refractivity contribution < 1.29 is 26.7 Å². The van der Waals surface area contributed by atoms with Crippen LogP contribution in [0.4, 0.5) is 8.78 Å². The van der Waals surface area contributed by atoms with Crippen molar-refractivity contribution in [1.82, 2.24) is 9.21 Å². The van der Waals surface area contributed by atoms with Crippen molar-refractivity contribution in [2.75, 3.05) is 33.4 Å². The summed E-state index contributed by atoms with van der Waals surface area (Å²) in [6.07, 6.45) is 0. The first-order chi connectivity index (χ1) is 11.5. The lowest BCUT2D eigenvalue weighted by molar-refractivity contribution is -0.0660. The Morgan fingerprint density at radius 2 is 1.88 bits per heavy atom. The molecule has 25 heavy (non-hydrogen) atoms. The quantitative estimate of drug-likeness (QED) is 0.804. The molecular formula is C16H22F2N2O4S. The van der Waals surface area contributed by atoms with Gasteiger partial charge in [-0.1, -0.05) is 0 Å². The van der Waals surface area contributed by atoms with Gasteiger partial charge < -0.3 is 9.64 Å². The summed E-state index contributed by atoms with van der Waals surface area (Å²) in [6, 6.07) is 5.09. The van der Waals surface area contributed by atoms with Gasteiger partial charge >= 0.3 is 0 Å². The number of hydrogen-bond donors (Lipinski definition) is 0. The summed E-state index contributed by atoms with van der Waals surface area (Å²) < 4.78 is 58.0. The summed E-state index contributed by atoms with van der Waals surface area (Å²) in [7, 11) is -2.19. The number of carbonyl (C=O) groups is 1. The molecule has 1 aromatic carbocycles. The van der Waals surface area contributed by atoms with Crippen LogP contribution in [0.25, 0.3) is 0 Å². The fraction of sp³-hybridized carbons (Fsp3) is 0.562. The van der Waals surface area contributed by atoms with Crippen LogP contribution in [0, 0.1) is 0 Å². The molecule has 0 radical (unpaired) electrons. The van der Waals surface area contributed by atoms with Crippen molar-refractivity contribution in [3.63, 3.8) is 0 Å². The summed E-state index contributed by atoms with van der Waals surface area (Å²) in [4.78, 5) is 13.5. The number of nitrogens with zero attached hydrogens (tertiary/aromatic N) is 2. The molecule has 1 fully saturated rings. The fourth-order valence-electron chi connectivity index (χ4n) is 2.37. The summed E-state index contributed by atoms with van der Waals surface area (Å²) >= 11 is 0. The second kappa shape index (κ2) is 7.35. The normalized spacial score (nSPS) is 18.4. The molecule has 9 heteroatoms. The van der Waals surface area contributed by atoms with Gasteiger partial charge in [0.1, 0.15) is 6.61 Å². The van der Waals surface area contributed by atoms with E-state index in [-0.39, 0.29) is 29.7 Å². The average Bonchev–Trinajstić information content (AvgIpc) is 2.74. The number of carbonyl (C=O) groups excluding carboxylic acids is 1. The Morgan fingerprint density at radius 1 is 1.28 bits per heavy atom. The van der Waals surface area contributed by atoms with E-state index in [1.165, 1.54) is 35.6 Å². The number of halogens is 2. The maximum Gasteiger partial charge on any atom is 0.288 e. The number of amides is 1. The minimum atomic E-state index is -3.66. The zero-order valence-electron chi connectivity index (χ0n) is 14.4. The molecule has 0 spiro atoms. The second-order valence-corrected chi connectivity index (χ2v) is 8.27. The molecule has 1 aromatic rings. The Hall–Kier alpha value is -1.58. The maximum absolute atomic E-state index is 13.6. The van der Waals surface area contributed by atoms with Gasteiger partial charge in [0.2, 0.25) is 10.0 Å². The van der Waals surface area contributed by atoms with Crippen LogP contribution in [0.2, 0.25) is 0 Å². The van der Waals surface area contributed by atoms with Crippen LogP contribution in [0.15, 0.2) is 29.2 Å². The lowest BCUT2D eigenvalue weighted by Crippen LogP contribution is -2.41. The van der Waals surface area contributed by atoms with Crippen molar-refractivity contribution in [2.24, 2.45) is 0 Å². The molecule has 0 bridgehead atoms. The monoisotopic (exact) mass is 376 g/mol. The van der Waals surface area contributed by atoms with Crippen molar-refractivity contribution in [3.8, 4) is 0 Å². The molecule has 2 rings (SSSR count). The van der Waals surface area contributed by atoms with Crippen LogP contribution < -0.4 is 0 Å². The van der Waals surface area contributed by atoms with E-state index < -0.39 is 35.0 Å². The first-order valence-corrected chi connectivity index (χ1v) is 9.31. The van der Waals surface area contributed by atoms with Gasteiger partial charge in [0.05, 0.1) is 18.0 Å². The highest BCUT2D eigenvalue weighted by molar-refractivity contribution is 7.89. The van der Waals surface area contributed by atoms with Gasteiger partial charge in [0.15, 0.2) is 0 Å². The predicted molar refractivity (Wildman–Crippen MR) is 88.2 cm³/mol. The summed E-state index contributed by atoms with van der Waals surface area (Å²) in [5, 5.41) is 0. The Labute approximate surface area is 146 Å². The van der Waals surface area contributed by atoms with Gasteiger partial charge in [-0.15, -0.1) is 0 Å². The summed E-state index contributed by atoms with van der Waals surface area (Å²) in [5.41, 5.74) is 0.156. The van der Waals surface area contributed by atoms with Gasteiger partial charge in [-0.3, -0.25) is 4.79 Å². The number of alkyl halides is 2. The Bertz CT molecular complexity index is 720. The highest BCUT2D eigenvalue weighted by Gasteiger charge is 2.36. The predicted octanol–water partition coefficient (Wildman–Crippen LogP) is 1.82. The lowest BCUT2D eigenvalue weighted by atomic mass is 10.2. The Kier molecular flexibility index (Phi) is 5.80. The van der Waals surface area contributed by atoms with Crippen LogP contribution in [0.1, 0.15) is 24.2 Å². The summed E-state index contributed by atoms with van der Waals surface area (Å²) in [6.45, 7) is 2.16. The largest absolute Gasteiger partial charge is 0.373 e. The molecule has 0 atom stereocenters. The van der Waals surface area contributed by atoms with Crippen molar-refractivity contribution in [2.45, 2.75) is 30.7 Å². The van der Waals surface area contributed by atoms with E-state index in [2.05, 4.69) is 0 Å². The van der Waals surface area contributed by atoms with Gasteiger partial charge in [-0.05, 0) is 38.1 Å². The van der Waals surface area contributed by atoms with Crippen LogP contribution in [0.3, 0.4) is 0 Å². The highest BCUT2D eigenvalue weighted by atomic mass is 32.2. The van der Waals surface area contributed by atoms with Gasteiger partial charge in [0, 0.05) is 25.2 Å². The number of ether oxygens (including phenoxy) is 1. The standard InChI is InChI=1S/C16H22F2N2O4S/c1-12(2)19(3)25(22,23)14-6-4-13(5-7-14)15(21)20-8-9-24-11-16(17,18)10-20/h4-7,12H,8-11H2,1-3H3. The van der Waals surface area contributed by atoms with Crippen molar-refractivity contribution in [1.29, 1.82) is 0 Å². The van der Waals surface area contributed by atoms with E-state index in [0.29, 0.717) is 0 Å². The topological polar surface area (TPSA) is 66.9 Å². The van der Waals surface area contributed by atoms with E-state index in [1.54, 1.807) is 13.8 Å². The first-order valence-electron chi connectivity index (χ1n) is 7.87. The van der Waals surface area contributed by atoms with E-state index in [4.69, 9.17) is 4.74 Å². The zero-order valence-corrected chi connectivity index (χ0v) is 15.2. The van der Waals surface area contributed by atoms with E-state index in [0.717, 1.165) is 4.90 Å². The molecule has 1 saturated heterocycles. The lowest BCUT2D eigenvalue weighted by Gasteiger charge is -2.23. The first kappa shape index (κ1) is 19.7. The number of rotatable bonds is 4. The third-order valence-corrected chi connectivity index (χ3v) is 6.08. The number of sulfonamides is 1. The molecule has 140 valence electrons. The zero-order chi connectivity index (χ0) is 18.8. The molecule has 0 saturated carbocycles. The molecule has 0 aliphatic carbocycles. The minimum absolute atomic E-state index is 0.0347. The third kappa shape index (κ3) is 4.53. The van der Waals surface area contributed by atoms with Crippen molar-refractivity contribution in [3.05, 3.63) is 29.8 Å². The molecule has 0 unspecified atom stereocenters.